The standard InChI is InChI=1S/C23H22N2O4S/c1-16-3-2-4-21(15-16)29-20-11-9-18(10-12-20)24-23(26)17-5-13-22(14-6-17)30(27,28)25-19-7-8-19/h2-6,9-15,19,25H,7-8H2,1H3,(H,24,26). The summed E-state index contributed by atoms with van der Waals surface area (Å²) in [5, 5.41) is 2.80. The monoisotopic (exact) mass is 422 g/mol. The summed E-state index contributed by atoms with van der Waals surface area (Å²) in [4.78, 5) is 12.6. The van der Waals surface area contributed by atoms with E-state index in [4.69, 9.17) is 4.74 Å². The SMILES string of the molecule is Cc1cccc(Oc2ccc(NC(=O)c3ccc(S(=O)(=O)NC4CC4)cc3)cc2)c1. The number of nitrogens with one attached hydrogen (secondary N) is 2. The minimum Gasteiger partial charge on any atom is -0.457 e. The van der Waals surface area contributed by atoms with Gasteiger partial charge in [-0.05, 0) is 86.0 Å². The first-order valence-corrected chi connectivity index (χ1v) is 11.2. The number of benzene rings is 3. The number of rotatable bonds is 7. The molecule has 1 saturated carbocycles. The Labute approximate surface area is 176 Å². The fraction of sp³-hybridized carbons (Fsp3) is 0.174. The Kier molecular flexibility index (Phi) is 5.57. The first kappa shape index (κ1) is 20.1. The molecule has 6 nitrogen and oxygen atoms in total. The number of sulfonamides is 1. The van der Waals surface area contributed by atoms with Gasteiger partial charge in [0, 0.05) is 17.3 Å². The van der Waals surface area contributed by atoms with Crippen LogP contribution >= 0.6 is 0 Å². The van der Waals surface area contributed by atoms with Crippen molar-refractivity contribution in [2.75, 3.05) is 5.32 Å². The second kappa shape index (κ2) is 8.30. The summed E-state index contributed by atoms with van der Waals surface area (Å²) in [6, 6.07) is 20.7. The van der Waals surface area contributed by atoms with Crippen molar-refractivity contribution >= 4 is 21.6 Å². The highest BCUT2D eigenvalue weighted by Crippen LogP contribution is 2.24. The quantitative estimate of drug-likeness (QED) is 0.588. The van der Waals surface area contributed by atoms with Gasteiger partial charge in [-0.3, -0.25) is 4.79 Å². The molecule has 0 saturated heterocycles. The van der Waals surface area contributed by atoms with Gasteiger partial charge in [-0.25, -0.2) is 13.1 Å². The van der Waals surface area contributed by atoms with E-state index in [9.17, 15) is 13.2 Å². The van der Waals surface area contributed by atoms with Crippen LogP contribution in [0.1, 0.15) is 28.8 Å². The molecule has 2 N–H and O–H groups in total. The molecular formula is C23H22N2O4S. The van der Waals surface area contributed by atoms with Gasteiger partial charge in [0.2, 0.25) is 10.0 Å². The number of carbonyl (C=O) groups excluding carboxylic acids is 1. The van der Waals surface area contributed by atoms with E-state index in [1.54, 1.807) is 24.3 Å². The van der Waals surface area contributed by atoms with Crippen LogP contribution in [0.4, 0.5) is 5.69 Å². The van der Waals surface area contributed by atoms with Crippen LogP contribution in [0.15, 0.2) is 77.7 Å². The van der Waals surface area contributed by atoms with Gasteiger partial charge in [0.15, 0.2) is 0 Å². The van der Waals surface area contributed by atoms with Crippen LogP contribution in [0, 0.1) is 6.92 Å². The summed E-state index contributed by atoms with van der Waals surface area (Å²) >= 11 is 0. The lowest BCUT2D eigenvalue weighted by molar-refractivity contribution is 0.102. The zero-order valence-corrected chi connectivity index (χ0v) is 17.3. The largest absolute Gasteiger partial charge is 0.457 e. The van der Waals surface area contributed by atoms with Gasteiger partial charge in [0.25, 0.3) is 5.91 Å². The maximum atomic E-state index is 12.5. The van der Waals surface area contributed by atoms with Crippen LogP contribution < -0.4 is 14.8 Å². The molecule has 0 unspecified atom stereocenters. The minimum atomic E-state index is -3.53. The number of hydrogen-bond donors (Lipinski definition) is 2. The van der Waals surface area contributed by atoms with E-state index < -0.39 is 10.0 Å². The average Bonchev–Trinajstić information content (AvgIpc) is 3.53. The molecular weight excluding hydrogens is 400 g/mol. The van der Waals surface area contributed by atoms with E-state index in [1.807, 2.05) is 31.2 Å². The fourth-order valence-corrected chi connectivity index (χ4v) is 4.20. The van der Waals surface area contributed by atoms with Crippen molar-refractivity contribution in [3.8, 4) is 11.5 Å². The molecule has 1 amide bonds. The normalized spacial score (nSPS) is 13.6. The molecule has 1 aliphatic carbocycles. The highest BCUT2D eigenvalue weighted by molar-refractivity contribution is 7.89. The lowest BCUT2D eigenvalue weighted by Gasteiger charge is -2.09. The number of amides is 1. The number of hydrogen-bond acceptors (Lipinski definition) is 4. The molecule has 0 aromatic heterocycles. The van der Waals surface area contributed by atoms with E-state index in [1.165, 1.54) is 24.3 Å². The zero-order chi connectivity index (χ0) is 21.1. The number of aryl methyl sites for hydroxylation is 1. The Bertz CT molecular complexity index is 1150. The van der Waals surface area contributed by atoms with E-state index in [0.29, 0.717) is 17.0 Å². The predicted molar refractivity (Wildman–Crippen MR) is 115 cm³/mol. The summed E-state index contributed by atoms with van der Waals surface area (Å²) in [5.41, 5.74) is 2.10. The maximum absolute atomic E-state index is 12.5. The molecule has 0 atom stereocenters. The summed E-state index contributed by atoms with van der Waals surface area (Å²) < 4.78 is 32.9. The summed E-state index contributed by atoms with van der Waals surface area (Å²) in [6.45, 7) is 2.00. The fourth-order valence-electron chi connectivity index (χ4n) is 2.90. The third-order valence-electron chi connectivity index (χ3n) is 4.66. The molecule has 3 aromatic rings. The Morgan fingerprint density at radius 3 is 2.27 bits per heavy atom. The third-order valence-corrected chi connectivity index (χ3v) is 6.20. The molecule has 0 heterocycles. The number of ether oxygens (including phenoxy) is 1. The van der Waals surface area contributed by atoms with Crippen molar-refractivity contribution in [2.45, 2.75) is 30.7 Å². The first-order valence-electron chi connectivity index (χ1n) is 9.67. The summed E-state index contributed by atoms with van der Waals surface area (Å²) in [6.07, 6.45) is 1.74. The topological polar surface area (TPSA) is 84.5 Å². The van der Waals surface area contributed by atoms with Crippen LogP contribution in [0.5, 0.6) is 11.5 Å². The van der Waals surface area contributed by atoms with E-state index in [2.05, 4.69) is 10.0 Å². The van der Waals surface area contributed by atoms with Gasteiger partial charge < -0.3 is 10.1 Å². The predicted octanol–water partition coefficient (Wildman–Crippen LogP) is 4.48. The van der Waals surface area contributed by atoms with Crippen LogP contribution in [0.25, 0.3) is 0 Å². The summed E-state index contributed by atoms with van der Waals surface area (Å²) in [7, 11) is -3.53. The molecule has 0 spiro atoms. The highest BCUT2D eigenvalue weighted by Gasteiger charge is 2.27. The Morgan fingerprint density at radius 1 is 0.933 bits per heavy atom. The zero-order valence-electron chi connectivity index (χ0n) is 16.5. The Morgan fingerprint density at radius 2 is 1.63 bits per heavy atom. The van der Waals surface area contributed by atoms with Gasteiger partial charge in [0.05, 0.1) is 4.90 Å². The smallest absolute Gasteiger partial charge is 0.255 e. The third kappa shape index (κ3) is 5.06. The van der Waals surface area contributed by atoms with Crippen molar-refractivity contribution in [3.63, 3.8) is 0 Å². The van der Waals surface area contributed by atoms with Crippen LogP contribution in [0.3, 0.4) is 0 Å². The Balaban J connectivity index is 1.38. The molecule has 4 rings (SSSR count). The minimum absolute atomic E-state index is 0.0378. The molecule has 154 valence electrons. The van der Waals surface area contributed by atoms with E-state index in [0.717, 1.165) is 24.2 Å². The molecule has 0 aliphatic heterocycles. The van der Waals surface area contributed by atoms with Gasteiger partial charge in [-0.1, -0.05) is 12.1 Å². The second-order valence-corrected chi connectivity index (χ2v) is 9.03. The van der Waals surface area contributed by atoms with Crippen molar-refractivity contribution in [3.05, 3.63) is 83.9 Å². The molecule has 3 aromatic carbocycles. The summed E-state index contributed by atoms with van der Waals surface area (Å²) in [5.74, 6) is 1.09. The lowest BCUT2D eigenvalue weighted by Crippen LogP contribution is -2.25. The average molecular weight is 423 g/mol. The molecule has 0 radical (unpaired) electrons. The van der Waals surface area contributed by atoms with Gasteiger partial charge in [-0.15, -0.1) is 0 Å². The van der Waals surface area contributed by atoms with Gasteiger partial charge in [-0.2, -0.15) is 0 Å². The molecule has 1 fully saturated rings. The molecule has 7 heteroatoms. The van der Waals surface area contributed by atoms with Crippen LogP contribution in [-0.4, -0.2) is 20.4 Å². The van der Waals surface area contributed by atoms with Crippen LogP contribution in [0.2, 0.25) is 0 Å². The first-order chi connectivity index (χ1) is 14.4. The molecule has 1 aliphatic rings. The van der Waals surface area contributed by atoms with Crippen LogP contribution in [-0.2, 0) is 10.0 Å². The Hall–Kier alpha value is -3.16. The van der Waals surface area contributed by atoms with Gasteiger partial charge >= 0.3 is 0 Å². The van der Waals surface area contributed by atoms with E-state index in [-0.39, 0.29) is 16.8 Å². The highest BCUT2D eigenvalue weighted by atomic mass is 32.2. The van der Waals surface area contributed by atoms with Crippen molar-refractivity contribution in [1.82, 2.24) is 4.72 Å². The van der Waals surface area contributed by atoms with Crippen molar-refractivity contribution in [1.29, 1.82) is 0 Å². The molecule has 0 bridgehead atoms. The van der Waals surface area contributed by atoms with E-state index >= 15 is 0 Å². The lowest BCUT2D eigenvalue weighted by atomic mass is 10.2. The number of anilines is 1. The second-order valence-electron chi connectivity index (χ2n) is 7.32. The van der Waals surface area contributed by atoms with Crippen molar-refractivity contribution < 1.29 is 17.9 Å². The van der Waals surface area contributed by atoms with Crippen molar-refractivity contribution in [2.24, 2.45) is 0 Å². The molecule has 30 heavy (non-hydrogen) atoms. The number of carbonyl (C=O) groups is 1. The maximum Gasteiger partial charge on any atom is 0.255 e. The van der Waals surface area contributed by atoms with Gasteiger partial charge in [0.1, 0.15) is 11.5 Å².